The van der Waals surface area contributed by atoms with Gasteiger partial charge in [-0.15, -0.1) is 6.58 Å². The summed E-state index contributed by atoms with van der Waals surface area (Å²) in [4.78, 5) is 35.5. The number of methoxy groups -OCH3 is 1. The molecule has 2 aliphatic carbocycles. The number of benzene rings is 4. The maximum absolute atomic E-state index is 15.3. The fourth-order valence-corrected chi connectivity index (χ4v) is 11.8. The lowest BCUT2D eigenvalue weighted by molar-refractivity contribution is -0.256. The summed E-state index contributed by atoms with van der Waals surface area (Å²) in [7, 11) is 1.52. The Labute approximate surface area is 455 Å². The zero-order valence-electron chi connectivity index (χ0n) is 45.3. The highest BCUT2D eigenvalue weighted by Gasteiger charge is 2.66. The van der Waals surface area contributed by atoms with Gasteiger partial charge < -0.3 is 48.2 Å². The number of unbranched alkanes of at least 4 members (excludes halogenated alkanes) is 11. The summed E-state index contributed by atoms with van der Waals surface area (Å²) >= 11 is 0. The molecule has 77 heavy (non-hydrogen) atoms. The van der Waals surface area contributed by atoms with Gasteiger partial charge in [0.2, 0.25) is 12.6 Å². The standard InChI is InChI=1S/C63H80N2O12/c1-4-6-7-8-9-10-11-12-13-21-35-71-62(69)65(41-46-26-29-57-58(36-46)73-44-72-57)59-40-54(64-75-43-45-22-15-14-16-23-45)52-38-47(24-17-19-32-66)51(25-18-20-33-67)60-53-39-50(76-49-27-30-55(70-3)48(37-49)42-68)28-31-56(53)77-63(59,61(52)60)74-34-5-2/h5,14-16,22-23,26-31,36-39,42,47,51,59-61,66-67H,2,4,6-13,17-21,24-25,32-35,40-41,43-44H2,1,3H3/t47-,51+,59-,60+,61+,63+/m0/s1. The Balaban J connectivity index is 1.24. The average Bonchev–Trinajstić information content (AvgIpc) is 4.08. The number of carbonyl (C=O) groups excluding carboxylic acids is 2. The Hall–Kier alpha value is -6.35. The highest BCUT2D eigenvalue weighted by atomic mass is 16.7. The molecule has 2 aliphatic heterocycles. The molecule has 14 heteroatoms. The van der Waals surface area contributed by atoms with Crippen LogP contribution in [0, 0.1) is 17.8 Å². The SMILES string of the molecule is C=CCO[C@@]12Oc3ccc(Oc4ccc(OC)c(C=O)c4)cc3[C@H]3[C@H](CCCCO)[C@@H](CCCCO)C=C(C(=NOCc4ccccc4)C[C@@H]1N(Cc1ccc4c(c1)OCO4)C(=O)OCCCCCCCCCCCC)[C@H]32. The van der Waals surface area contributed by atoms with E-state index < -0.39 is 23.8 Å². The number of carbonyl (C=O) groups is 2. The van der Waals surface area contributed by atoms with E-state index in [1.165, 1.54) is 45.6 Å². The minimum atomic E-state index is -1.54. The molecule has 4 aliphatic rings. The van der Waals surface area contributed by atoms with Gasteiger partial charge in [-0.05, 0) is 109 Å². The highest BCUT2D eigenvalue weighted by molar-refractivity contribution is 6.03. The number of allylic oxidation sites excluding steroid dienone is 1. The third-order valence-corrected chi connectivity index (χ3v) is 15.6. The van der Waals surface area contributed by atoms with Gasteiger partial charge in [-0.3, -0.25) is 9.69 Å². The van der Waals surface area contributed by atoms with Crippen molar-refractivity contribution in [3.05, 3.63) is 131 Å². The van der Waals surface area contributed by atoms with Crippen molar-refractivity contribution in [1.82, 2.24) is 4.90 Å². The number of nitrogens with zero attached hydrogens (tertiary/aromatic N) is 2. The number of oxime groups is 1. The first-order chi connectivity index (χ1) is 37.8. The van der Waals surface area contributed by atoms with E-state index in [0.29, 0.717) is 58.6 Å². The molecule has 4 aromatic rings. The van der Waals surface area contributed by atoms with Crippen LogP contribution in [0.15, 0.2) is 114 Å². The van der Waals surface area contributed by atoms with Gasteiger partial charge in [0, 0.05) is 37.7 Å². The first kappa shape index (κ1) is 56.8. The number of hydrogen-bond acceptors (Lipinski definition) is 13. The molecular formula is C63H80N2O12. The predicted molar refractivity (Wildman–Crippen MR) is 296 cm³/mol. The third kappa shape index (κ3) is 14.2. The van der Waals surface area contributed by atoms with Gasteiger partial charge in [0.05, 0.1) is 37.5 Å². The first-order valence-electron chi connectivity index (χ1n) is 28.2. The van der Waals surface area contributed by atoms with Crippen LogP contribution >= 0.6 is 0 Å². The van der Waals surface area contributed by atoms with E-state index >= 15 is 4.79 Å². The third-order valence-electron chi connectivity index (χ3n) is 15.6. The molecule has 2 heterocycles. The van der Waals surface area contributed by atoms with Crippen molar-refractivity contribution in [1.29, 1.82) is 0 Å². The van der Waals surface area contributed by atoms with Crippen molar-refractivity contribution >= 4 is 18.1 Å². The molecule has 6 atom stereocenters. The van der Waals surface area contributed by atoms with Crippen LogP contribution in [0.3, 0.4) is 0 Å². The Kier molecular flexibility index (Phi) is 21.3. The summed E-state index contributed by atoms with van der Waals surface area (Å²) < 4.78 is 44.7. The Bertz CT molecular complexity index is 2600. The molecule has 0 aromatic heterocycles. The molecule has 1 amide bonds. The van der Waals surface area contributed by atoms with E-state index in [-0.39, 0.29) is 70.5 Å². The largest absolute Gasteiger partial charge is 0.496 e. The molecule has 0 spiro atoms. The molecule has 0 unspecified atom stereocenters. The van der Waals surface area contributed by atoms with E-state index in [0.717, 1.165) is 79.9 Å². The van der Waals surface area contributed by atoms with Crippen LogP contribution in [0.4, 0.5) is 4.79 Å². The summed E-state index contributed by atoms with van der Waals surface area (Å²) in [6, 6.07) is 25.7. The van der Waals surface area contributed by atoms with Gasteiger partial charge in [-0.1, -0.05) is 131 Å². The van der Waals surface area contributed by atoms with Crippen LogP contribution in [-0.2, 0) is 27.5 Å². The second kappa shape index (κ2) is 28.9. The van der Waals surface area contributed by atoms with Crippen molar-refractivity contribution in [2.24, 2.45) is 22.9 Å². The van der Waals surface area contributed by atoms with Gasteiger partial charge in [0.15, 0.2) is 17.8 Å². The maximum atomic E-state index is 15.3. The molecule has 0 radical (unpaired) electrons. The van der Waals surface area contributed by atoms with Crippen molar-refractivity contribution in [2.45, 2.75) is 147 Å². The first-order valence-corrected chi connectivity index (χ1v) is 28.2. The number of rotatable bonds is 32. The number of aldehydes is 1. The summed E-state index contributed by atoms with van der Waals surface area (Å²) in [5.74, 6) is 0.763. The minimum absolute atomic E-state index is 0.00694. The van der Waals surface area contributed by atoms with Crippen molar-refractivity contribution in [3.8, 4) is 34.5 Å². The molecule has 414 valence electrons. The Morgan fingerprint density at radius 1 is 0.805 bits per heavy atom. The summed E-state index contributed by atoms with van der Waals surface area (Å²) in [5, 5.41) is 25.3. The molecule has 1 saturated carbocycles. The maximum Gasteiger partial charge on any atom is 0.410 e. The van der Waals surface area contributed by atoms with Gasteiger partial charge in [0.1, 0.15) is 35.6 Å². The lowest BCUT2D eigenvalue weighted by Crippen LogP contribution is -2.70. The topological polar surface area (TPSA) is 164 Å². The van der Waals surface area contributed by atoms with Crippen LogP contribution in [-0.4, -0.2) is 85.4 Å². The molecule has 1 fully saturated rings. The lowest BCUT2D eigenvalue weighted by Gasteiger charge is -2.59. The van der Waals surface area contributed by atoms with E-state index in [4.69, 9.17) is 43.2 Å². The van der Waals surface area contributed by atoms with Gasteiger partial charge >= 0.3 is 6.09 Å². The second-order valence-electron chi connectivity index (χ2n) is 20.8. The van der Waals surface area contributed by atoms with Crippen LogP contribution in [0.5, 0.6) is 34.5 Å². The zero-order valence-corrected chi connectivity index (χ0v) is 45.3. The van der Waals surface area contributed by atoms with E-state index in [9.17, 15) is 15.0 Å². The zero-order chi connectivity index (χ0) is 53.8. The molecule has 8 rings (SSSR count). The van der Waals surface area contributed by atoms with Crippen LogP contribution < -0.4 is 23.7 Å². The molecule has 0 bridgehead atoms. The van der Waals surface area contributed by atoms with Gasteiger partial charge in [-0.2, -0.15) is 0 Å². The quantitative estimate of drug-likeness (QED) is 0.0206. The average molecular weight is 1060 g/mol. The van der Waals surface area contributed by atoms with Crippen LogP contribution in [0.25, 0.3) is 0 Å². The highest BCUT2D eigenvalue weighted by Crippen LogP contribution is 2.62. The number of fused-ring (bicyclic) bond motifs is 3. The normalized spacial score (nSPS) is 21.3. The minimum Gasteiger partial charge on any atom is -0.496 e. The monoisotopic (exact) mass is 1060 g/mol. The van der Waals surface area contributed by atoms with Crippen molar-refractivity contribution in [3.63, 3.8) is 0 Å². The number of ether oxygens (including phenoxy) is 7. The van der Waals surface area contributed by atoms with Gasteiger partial charge in [0.25, 0.3) is 0 Å². The van der Waals surface area contributed by atoms with E-state index in [1.807, 2.05) is 66.7 Å². The van der Waals surface area contributed by atoms with E-state index in [1.54, 1.807) is 29.2 Å². The molecule has 14 nitrogen and oxygen atoms in total. The second-order valence-corrected chi connectivity index (χ2v) is 20.8. The summed E-state index contributed by atoms with van der Waals surface area (Å²) in [6.07, 6.45) is 20.3. The van der Waals surface area contributed by atoms with Crippen LogP contribution in [0.1, 0.15) is 149 Å². The van der Waals surface area contributed by atoms with E-state index in [2.05, 4.69) is 19.6 Å². The predicted octanol–water partition coefficient (Wildman–Crippen LogP) is 13.4. The molecular weight excluding hydrogens is 977 g/mol. The number of aliphatic hydroxyl groups is 2. The fraction of sp³-hybridized carbons (Fsp3) is 0.508. The van der Waals surface area contributed by atoms with Gasteiger partial charge in [-0.25, -0.2) is 4.79 Å². The summed E-state index contributed by atoms with van der Waals surface area (Å²) in [6.45, 7) is 7.26. The molecule has 4 aromatic carbocycles. The number of aliphatic hydroxyl groups excluding tert-OH is 2. The Morgan fingerprint density at radius 2 is 1.52 bits per heavy atom. The van der Waals surface area contributed by atoms with Crippen molar-refractivity contribution < 1.29 is 57.8 Å². The Morgan fingerprint density at radius 3 is 2.26 bits per heavy atom. The van der Waals surface area contributed by atoms with Crippen molar-refractivity contribution in [2.75, 3.05) is 40.3 Å². The summed E-state index contributed by atoms with van der Waals surface area (Å²) in [5.41, 5.74) is 4.56. The lowest BCUT2D eigenvalue weighted by atomic mass is 9.55. The number of hydrogen-bond donors (Lipinski definition) is 2. The molecule has 2 N–H and O–H groups in total. The fourth-order valence-electron chi connectivity index (χ4n) is 11.8. The van der Waals surface area contributed by atoms with Crippen LogP contribution in [0.2, 0.25) is 0 Å². The molecule has 0 saturated heterocycles. The number of amides is 1. The smallest absolute Gasteiger partial charge is 0.410 e.